The van der Waals surface area contributed by atoms with E-state index in [0.29, 0.717) is 46.3 Å². The lowest BCUT2D eigenvalue weighted by Crippen LogP contribution is -2.44. The third-order valence-corrected chi connectivity index (χ3v) is 14.8. The molecule has 4 aliphatic rings. The van der Waals surface area contributed by atoms with Crippen molar-refractivity contribution in [2.24, 2.45) is 0 Å². The summed E-state index contributed by atoms with van der Waals surface area (Å²) in [7, 11) is -6.85. The number of hydrogen-bond acceptors (Lipinski definition) is 9. The Hall–Kier alpha value is -3.07. The number of fused-ring (bicyclic) bond motifs is 8. The van der Waals surface area contributed by atoms with Crippen LogP contribution in [0.25, 0.3) is 0 Å². The second-order valence-electron chi connectivity index (χ2n) is 12.6. The van der Waals surface area contributed by atoms with Crippen molar-refractivity contribution < 1.29 is 21.6 Å². The van der Waals surface area contributed by atoms with Crippen molar-refractivity contribution >= 4 is 48.7 Å². The number of aromatic amines is 2. The Kier molecular flexibility index (Phi) is 8.81. The second kappa shape index (κ2) is 12.8. The van der Waals surface area contributed by atoms with Gasteiger partial charge in [-0.05, 0) is 87.1 Å². The SMILES string of the molecule is O=C1c2[nH]ncc2C2CCC(S(=O)(=O)c3ccc(Cl)cc3)CC1N2.O=S(=O)(c1ccc(Cl)cc1)C1CCC2NC(Cc3[nH]ncc32)C1. The van der Waals surface area contributed by atoms with Crippen molar-refractivity contribution in [1.29, 1.82) is 0 Å². The maximum atomic E-state index is 13.0. The van der Waals surface area contributed by atoms with Crippen LogP contribution in [0.2, 0.25) is 10.0 Å². The van der Waals surface area contributed by atoms with Gasteiger partial charge in [0.25, 0.3) is 0 Å². The predicted octanol–water partition coefficient (Wildman–Crippen LogP) is 4.93. The molecule has 15 heteroatoms. The lowest BCUT2D eigenvalue weighted by atomic mass is 9.94. The zero-order valence-electron chi connectivity index (χ0n) is 25.2. The number of rotatable bonds is 4. The van der Waals surface area contributed by atoms with Crippen LogP contribution in [0.3, 0.4) is 0 Å². The summed E-state index contributed by atoms with van der Waals surface area (Å²) in [6.07, 6.45) is 7.80. The number of nitrogens with zero attached hydrogens (tertiary/aromatic N) is 2. The van der Waals surface area contributed by atoms with Gasteiger partial charge in [0.1, 0.15) is 5.69 Å². The Bertz CT molecular complexity index is 2000. The van der Waals surface area contributed by atoms with E-state index < -0.39 is 31.0 Å². The molecule has 2 saturated heterocycles. The number of benzene rings is 2. The van der Waals surface area contributed by atoms with Crippen LogP contribution in [0.1, 0.15) is 77.9 Å². The van der Waals surface area contributed by atoms with Gasteiger partial charge in [0.15, 0.2) is 25.5 Å². The lowest BCUT2D eigenvalue weighted by Gasteiger charge is -2.28. The van der Waals surface area contributed by atoms with E-state index in [1.54, 1.807) is 42.6 Å². The van der Waals surface area contributed by atoms with Crippen molar-refractivity contribution in [1.82, 2.24) is 31.0 Å². The Morgan fingerprint density at radius 1 is 0.638 bits per heavy atom. The Morgan fingerprint density at radius 3 is 1.79 bits per heavy atom. The molecule has 11 nitrogen and oxygen atoms in total. The number of sulfone groups is 2. The molecule has 6 unspecified atom stereocenters. The summed E-state index contributed by atoms with van der Waals surface area (Å²) in [6.45, 7) is 0. The van der Waals surface area contributed by atoms with E-state index in [2.05, 4.69) is 31.0 Å². The highest BCUT2D eigenvalue weighted by Crippen LogP contribution is 2.37. The molecule has 4 bridgehead atoms. The molecule has 6 atom stereocenters. The zero-order valence-corrected chi connectivity index (χ0v) is 28.3. The van der Waals surface area contributed by atoms with Crippen LogP contribution in [-0.4, -0.2) is 65.6 Å². The van der Waals surface area contributed by atoms with E-state index in [4.69, 9.17) is 23.2 Å². The fraction of sp³-hybridized carbons (Fsp3) is 0.406. The summed E-state index contributed by atoms with van der Waals surface area (Å²) in [6, 6.07) is 12.5. The molecule has 248 valence electrons. The molecular formula is C32H34Cl2N6O5S2. The van der Waals surface area contributed by atoms with Crippen LogP contribution in [0, 0.1) is 0 Å². The molecular weight excluding hydrogens is 683 g/mol. The Balaban J connectivity index is 0.000000150. The number of Topliss-reactive ketones (excluding diaryl/α,β-unsaturated/α-hetero) is 1. The summed E-state index contributed by atoms with van der Waals surface area (Å²) in [5, 5.41) is 20.8. The fourth-order valence-corrected chi connectivity index (χ4v) is 11.2. The van der Waals surface area contributed by atoms with Gasteiger partial charge in [0.2, 0.25) is 0 Å². The van der Waals surface area contributed by atoms with E-state index in [-0.39, 0.29) is 40.5 Å². The standard InChI is InChI=1S/C16H16ClN3O3S.C16H18ClN3O2S/c17-9-1-3-10(4-2-9)24(22,23)11-5-6-13-12-8-18-20-15(12)16(21)14(7-11)19-13;17-10-1-3-12(4-2-10)23(21,22)13-5-6-15-14-9-18-20-16(14)8-11(7-13)19-15/h1-4,8,11,13-14,19H,5-7H2,(H,18,20);1-4,9,11,13,15,19H,5-8H2,(H,18,20). The first-order valence-corrected chi connectivity index (χ1v) is 19.5. The Morgan fingerprint density at radius 2 is 1.17 bits per heavy atom. The van der Waals surface area contributed by atoms with Gasteiger partial charge < -0.3 is 10.6 Å². The maximum absolute atomic E-state index is 13.0. The molecule has 0 spiro atoms. The summed E-state index contributed by atoms with van der Waals surface area (Å²) < 4.78 is 51.8. The van der Waals surface area contributed by atoms with Gasteiger partial charge >= 0.3 is 0 Å². The van der Waals surface area contributed by atoms with E-state index in [1.807, 2.05) is 6.20 Å². The minimum atomic E-state index is -3.51. The van der Waals surface area contributed by atoms with Crippen LogP contribution in [0.4, 0.5) is 0 Å². The number of H-pyrrole nitrogens is 2. The topological polar surface area (TPSA) is 167 Å². The molecule has 0 saturated carbocycles. The van der Waals surface area contributed by atoms with Gasteiger partial charge in [-0.25, -0.2) is 16.8 Å². The smallest absolute Gasteiger partial charge is 0.197 e. The molecule has 0 amide bonds. The van der Waals surface area contributed by atoms with Crippen molar-refractivity contribution in [3.63, 3.8) is 0 Å². The maximum Gasteiger partial charge on any atom is 0.197 e. The monoisotopic (exact) mass is 716 g/mol. The fourth-order valence-electron chi connectivity index (χ4n) is 7.33. The summed E-state index contributed by atoms with van der Waals surface area (Å²) >= 11 is 11.7. The number of carbonyl (C=O) groups is 1. The van der Waals surface area contributed by atoms with Crippen molar-refractivity contribution in [3.05, 3.63) is 93.5 Å². The first kappa shape index (κ1) is 32.5. The van der Waals surface area contributed by atoms with Gasteiger partial charge in [-0.15, -0.1) is 0 Å². The first-order chi connectivity index (χ1) is 22.5. The van der Waals surface area contributed by atoms with E-state index in [0.717, 1.165) is 24.1 Å². The van der Waals surface area contributed by atoms with Gasteiger partial charge in [0, 0.05) is 51.4 Å². The first-order valence-electron chi connectivity index (χ1n) is 15.6. The van der Waals surface area contributed by atoms with E-state index >= 15 is 0 Å². The van der Waals surface area contributed by atoms with Crippen molar-refractivity contribution in [2.45, 2.75) is 89.4 Å². The number of carbonyl (C=O) groups excluding carboxylic acids is 1. The van der Waals surface area contributed by atoms with Crippen LogP contribution >= 0.6 is 23.2 Å². The van der Waals surface area contributed by atoms with Gasteiger partial charge in [-0.1, -0.05) is 23.2 Å². The van der Waals surface area contributed by atoms with Crippen LogP contribution < -0.4 is 10.6 Å². The second-order valence-corrected chi connectivity index (χ2v) is 18.0. The third kappa shape index (κ3) is 6.29. The summed E-state index contributed by atoms with van der Waals surface area (Å²) in [4.78, 5) is 13.2. The highest BCUT2D eigenvalue weighted by atomic mass is 35.5. The average Bonchev–Trinajstić information content (AvgIpc) is 3.65. The molecule has 2 fully saturated rings. The van der Waals surface area contributed by atoms with Crippen LogP contribution in [-0.2, 0) is 26.1 Å². The highest BCUT2D eigenvalue weighted by Gasteiger charge is 2.42. The van der Waals surface area contributed by atoms with E-state index in [9.17, 15) is 21.6 Å². The number of halogens is 2. The molecule has 0 radical (unpaired) electrons. The number of hydrogen-bond donors (Lipinski definition) is 4. The molecule has 4 N–H and O–H groups in total. The van der Waals surface area contributed by atoms with Crippen molar-refractivity contribution in [2.75, 3.05) is 0 Å². The van der Waals surface area contributed by atoms with Gasteiger partial charge in [-0.2, -0.15) is 10.2 Å². The summed E-state index contributed by atoms with van der Waals surface area (Å²) in [5.74, 6) is -0.114. The third-order valence-electron chi connectivity index (χ3n) is 9.79. The number of aromatic nitrogens is 4. The zero-order chi connectivity index (χ0) is 32.9. The van der Waals surface area contributed by atoms with Crippen LogP contribution in [0.5, 0.6) is 0 Å². The predicted molar refractivity (Wildman–Crippen MR) is 177 cm³/mol. The minimum Gasteiger partial charge on any atom is -0.307 e. The van der Waals surface area contributed by atoms with E-state index in [1.165, 1.54) is 17.7 Å². The summed E-state index contributed by atoms with van der Waals surface area (Å²) in [5.41, 5.74) is 3.67. The molecule has 6 heterocycles. The molecule has 4 aliphatic heterocycles. The number of ketones is 1. The van der Waals surface area contributed by atoms with Crippen LogP contribution in [0.15, 0.2) is 70.7 Å². The molecule has 4 aromatic rings. The normalized spacial score (nSPS) is 27.0. The molecule has 8 rings (SSSR count). The van der Waals surface area contributed by atoms with Crippen molar-refractivity contribution in [3.8, 4) is 0 Å². The van der Waals surface area contributed by atoms with Gasteiger partial charge in [-0.3, -0.25) is 15.0 Å². The quantitative estimate of drug-likeness (QED) is 0.229. The molecule has 2 aromatic heterocycles. The molecule has 2 aromatic carbocycles. The lowest BCUT2D eigenvalue weighted by molar-refractivity contribution is 0.0914. The number of nitrogens with one attached hydrogen (secondary N) is 4. The Labute approximate surface area is 283 Å². The minimum absolute atomic E-state index is 0.0353. The average molecular weight is 718 g/mol. The molecule has 0 aliphatic carbocycles. The highest BCUT2D eigenvalue weighted by molar-refractivity contribution is 7.92. The molecule has 47 heavy (non-hydrogen) atoms. The van der Waals surface area contributed by atoms with Gasteiger partial charge in [0.05, 0.1) is 38.7 Å². The largest absolute Gasteiger partial charge is 0.307 e.